The van der Waals surface area contributed by atoms with Gasteiger partial charge in [-0.2, -0.15) is 18.2 Å². The number of carbonyl (C=O) groups excluding carboxylic acids is 3. The lowest BCUT2D eigenvalue weighted by atomic mass is 9.82. The SMILES string of the molecule is CC[C@@H]1C[C@@H](C)CC/C=C\[C@@H]2C[C@@]2(C(=O)NS(=O)(=O)C2(C)CC2)NC(=O)[C@@H]2C[C@@H](Oc3nc4nccn4c4ccc(Cl)cc34)CN2C(=O)[C@H]1N(C(=O)O)C(C)(C)C(F)(F)F. The first kappa shape index (κ1) is 43.4. The number of ether oxygens (including phenoxy) is 1. The molecule has 20 heteroatoms. The summed E-state index contributed by atoms with van der Waals surface area (Å²) in [6.45, 7) is 6.06. The number of nitrogens with zero attached hydrogens (tertiary/aromatic N) is 5. The topological polar surface area (TPSA) is 193 Å². The molecule has 7 atom stereocenters. The van der Waals surface area contributed by atoms with Crippen LogP contribution in [0.25, 0.3) is 16.7 Å². The molecule has 3 N–H and O–H groups in total. The van der Waals surface area contributed by atoms with Crippen molar-refractivity contribution in [3.8, 4) is 5.88 Å². The molecule has 60 heavy (non-hydrogen) atoms. The maximum Gasteiger partial charge on any atom is 0.411 e. The molecule has 3 fully saturated rings. The molecule has 2 aliphatic heterocycles. The number of allylic oxidation sites excluding steroid dienone is 1. The second-order valence-electron chi connectivity index (χ2n) is 17.5. The third-order valence-electron chi connectivity index (χ3n) is 12.9. The van der Waals surface area contributed by atoms with Crippen molar-refractivity contribution in [2.45, 2.75) is 126 Å². The fourth-order valence-corrected chi connectivity index (χ4v) is 10.1. The minimum atomic E-state index is -5.11. The predicted octanol–water partition coefficient (Wildman–Crippen LogP) is 5.85. The van der Waals surface area contributed by atoms with Crippen LogP contribution < -0.4 is 14.8 Å². The van der Waals surface area contributed by atoms with Crippen LogP contribution in [0.4, 0.5) is 18.0 Å². The number of alkyl halides is 3. The number of carbonyl (C=O) groups is 4. The van der Waals surface area contributed by atoms with Crippen molar-refractivity contribution < 1.29 is 50.6 Å². The molecule has 15 nitrogen and oxygen atoms in total. The van der Waals surface area contributed by atoms with Gasteiger partial charge in [0.05, 0.1) is 22.2 Å². The molecule has 0 bridgehead atoms. The molecule has 4 amide bonds. The minimum Gasteiger partial charge on any atom is -0.472 e. The fourth-order valence-electron chi connectivity index (χ4n) is 8.63. The summed E-state index contributed by atoms with van der Waals surface area (Å²) in [5.41, 5.74) is -4.17. The Morgan fingerprint density at radius 1 is 1.18 bits per heavy atom. The zero-order chi connectivity index (χ0) is 43.7. The van der Waals surface area contributed by atoms with Crippen LogP contribution in [0.3, 0.4) is 0 Å². The molecule has 4 heterocycles. The van der Waals surface area contributed by atoms with E-state index in [1.54, 1.807) is 41.8 Å². The number of sulfonamides is 1. The molecule has 2 saturated carbocycles. The Morgan fingerprint density at radius 3 is 2.55 bits per heavy atom. The van der Waals surface area contributed by atoms with Crippen molar-refractivity contribution in [1.82, 2.24) is 34.2 Å². The van der Waals surface area contributed by atoms with Crippen LogP contribution in [0.2, 0.25) is 5.02 Å². The third-order valence-corrected chi connectivity index (χ3v) is 15.3. The van der Waals surface area contributed by atoms with Crippen LogP contribution >= 0.6 is 11.6 Å². The summed E-state index contributed by atoms with van der Waals surface area (Å²) in [5.74, 6) is -4.34. The van der Waals surface area contributed by atoms with E-state index in [0.29, 0.717) is 55.5 Å². The fraction of sp³-hybridized carbons (Fsp3) is 0.600. The third kappa shape index (κ3) is 7.75. The van der Waals surface area contributed by atoms with Crippen molar-refractivity contribution in [1.29, 1.82) is 0 Å². The van der Waals surface area contributed by atoms with Gasteiger partial charge in [0.1, 0.15) is 29.3 Å². The predicted molar refractivity (Wildman–Crippen MR) is 213 cm³/mol. The molecule has 0 spiro atoms. The van der Waals surface area contributed by atoms with E-state index in [2.05, 4.69) is 20.0 Å². The van der Waals surface area contributed by atoms with Crippen molar-refractivity contribution in [3.05, 3.63) is 47.8 Å². The second-order valence-corrected chi connectivity index (χ2v) is 20.1. The number of amides is 4. The number of carboxylic acid groups (broad SMARTS) is 1. The van der Waals surface area contributed by atoms with Gasteiger partial charge in [0.2, 0.25) is 33.5 Å². The minimum absolute atomic E-state index is 0.0380. The first-order chi connectivity index (χ1) is 28.0. The summed E-state index contributed by atoms with van der Waals surface area (Å²) < 4.78 is 80.2. The first-order valence-electron chi connectivity index (χ1n) is 20.1. The molecule has 4 aliphatic rings. The number of benzene rings is 1. The summed E-state index contributed by atoms with van der Waals surface area (Å²) >= 11 is 6.38. The molecule has 2 aliphatic carbocycles. The van der Waals surface area contributed by atoms with E-state index in [1.165, 1.54) is 13.1 Å². The highest BCUT2D eigenvalue weighted by Gasteiger charge is 2.64. The maximum absolute atomic E-state index is 15.2. The summed E-state index contributed by atoms with van der Waals surface area (Å²) in [5, 5.41) is 14.1. The van der Waals surface area contributed by atoms with Gasteiger partial charge in [0.15, 0.2) is 0 Å². The summed E-state index contributed by atoms with van der Waals surface area (Å²) in [6.07, 6.45) is 0.372. The lowest BCUT2D eigenvalue weighted by Gasteiger charge is -2.46. The van der Waals surface area contributed by atoms with E-state index in [0.717, 1.165) is 4.90 Å². The van der Waals surface area contributed by atoms with Crippen LogP contribution in [-0.4, -0.2) is 108 Å². The molecule has 3 aromatic rings. The van der Waals surface area contributed by atoms with E-state index in [-0.39, 0.29) is 48.2 Å². The lowest BCUT2D eigenvalue weighted by Crippen LogP contribution is -2.66. The zero-order valence-electron chi connectivity index (χ0n) is 33.8. The van der Waals surface area contributed by atoms with E-state index in [9.17, 15) is 41.1 Å². The van der Waals surface area contributed by atoms with Crippen molar-refractivity contribution in [2.75, 3.05) is 6.54 Å². The number of fused-ring (bicyclic) bond motifs is 5. The van der Waals surface area contributed by atoms with Crippen LogP contribution in [0, 0.1) is 17.8 Å². The number of hydrogen-bond acceptors (Lipinski definition) is 9. The van der Waals surface area contributed by atoms with Crippen molar-refractivity contribution in [2.24, 2.45) is 17.8 Å². The molecule has 0 radical (unpaired) electrons. The van der Waals surface area contributed by atoms with Crippen LogP contribution in [0.5, 0.6) is 5.88 Å². The Morgan fingerprint density at radius 2 is 1.90 bits per heavy atom. The number of imidazole rings is 1. The molecular weight excluding hydrogens is 831 g/mol. The average molecular weight is 880 g/mol. The number of rotatable bonds is 8. The highest BCUT2D eigenvalue weighted by Crippen LogP contribution is 2.48. The van der Waals surface area contributed by atoms with Gasteiger partial charge in [-0.1, -0.05) is 44.0 Å². The number of nitrogens with one attached hydrogen (secondary N) is 2. The standard InChI is InChI=1S/C40H49ClF3N7O8S/c1-6-23-17-22(2)9-7-8-10-24-20-39(24,34(54)48-60(57,58)38(5)13-14-38)47-31(52)29-19-26(21-50(29)33(53)30(23)51(36(55)56)37(3,4)40(42,43)44)59-32-27-18-25(41)11-12-28(27)49-16-15-45-35(49)46-32/h8,10-12,15-16,18,22-24,26,29-30H,6-7,9,13-14,17,19-21H2,1-5H3,(H,47,52)(H,48,54)(H,55,56)/b10-8-/t22-,23+,24+,26+,29-,30-,39+/m0/s1. The second kappa shape index (κ2) is 15.4. The van der Waals surface area contributed by atoms with Crippen molar-refractivity contribution >= 4 is 62.1 Å². The normalized spacial score (nSPS) is 29.1. The Balaban J connectivity index is 1.32. The van der Waals surface area contributed by atoms with Crippen LogP contribution in [0.1, 0.15) is 86.0 Å². The van der Waals surface area contributed by atoms with Gasteiger partial charge in [-0.05, 0) is 89.3 Å². The highest BCUT2D eigenvalue weighted by atomic mass is 35.5. The smallest absolute Gasteiger partial charge is 0.411 e. The maximum atomic E-state index is 15.2. The van der Waals surface area contributed by atoms with Gasteiger partial charge in [-0.3, -0.25) is 28.4 Å². The highest BCUT2D eigenvalue weighted by molar-refractivity contribution is 7.91. The number of halogens is 4. The first-order valence-corrected chi connectivity index (χ1v) is 21.9. The summed E-state index contributed by atoms with van der Waals surface area (Å²) in [7, 11) is -4.14. The summed E-state index contributed by atoms with van der Waals surface area (Å²) in [6, 6.07) is 1.58. The molecule has 2 aromatic heterocycles. The largest absolute Gasteiger partial charge is 0.472 e. The van der Waals surface area contributed by atoms with E-state index < -0.39 is 92.4 Å². The van der Waals surface area contributed by atoms with E-state index in [1.807, 2.05) is 13.0 Å². The van der Waals surface area contributed by atoms with Gasteiger partial charge >= 0.3 is 12.3 Å². The van der Waals surface area contributed by atoms with E-state index >= 15 is 4.79 Å². The van der Waals surface area contributed by atoms with Crippen molar-refractivity contribution in [3.63, 3.8) is 0 Å². The quantitative estimate of drug-likeness (QED) is 0.231. The van der Waals surface area contributed by atoms with Gasteiger partial charge < -0.3 is 20.1 Å². The molecule has 7 rings (SSSR count). The zero-order valence-corrected chi connectivity index (χ0v) is 35.4. The molecular formula is C40H49ClF3N7O8S. The molecule has 0 unspecified atom stereocenters. The summed E-state index contributed by atoms with van der Waals surface area (Å²) in [4.78, 5) is 67.0. The molecule has 326 valence electrons. The molecule has 1 saturated heterocycles. The number of aromatic nitrogens is 3. The monoisotopic (exact) mass is 879 g/mol. The molecule has 1 aromatic carbocycles. The van der Waals surface area contributed by atoms with Crippen LogP contribution in [0.15, 0.2) is 42.7 Å². The van der Waals surface area contributed by atoms with Gasteiger partial charge in [-0.15, -0.1) is 0 Å². The Bertz CT molecular complexity index is 2370. The number of hydrogen-bond donors (Lipinski definition) is 3. The van der Waals surface area contributed by atoms with Gasteiger partial charge in [0, 0.05) is 29.8 Å². The Hall–Kier alpha value is -4.65. The van der Waals surface area contributed by atoms with Crippen LogP contribution in [-0.2, 0) is 24.4 Å². The Kier molecular flexibility index (Phi) is 11.1. The van der Waals surface area contributed by atoms with Gasteiger partial charge in [0.25, 0.3) is 5.91 Å². The average Bonchev–Trinajstić information content (AvgIpc) is 3.95. The van der Waals surface area contributed by atoms with Gasteiger partial charge in [-0.25, -0.2) is 18.2 Å². The lowest BCUT2D eigenvalue weighted by molar-refractivity contribution is -0.222. The van der Waals surface area contributed by atoms with E-state index in [4.69, 9.17) is 16.3 Å². The Labute approximate surface area is 350 Å².